The van der Waals surface area contributed by atoms with Gasteiger partial charge in [-0.05, 0) is 38.5 Å². The molecule has 0 heterocycles. The summed E-state index contributed by atoms with van der Waals surface area (Å²) >= 11 is 0. The van der Waals surface area contributed by atoms with Crippen LogP contribution in [0.15, 0.2) is 23.2 Å². The molecule has 0 saturated carbocycles. The molecule has 0 aliphatic heterocycles. The van der Waals surface area contributed by atoms with Gasteiger partial charge in [-0.25, -0.2) is 4.99 Å². The molecule has 0 saturated heterocycles. The number of hydrogen-bond acceptors (Lipinski definition) is 4. The van der Waals surface area contributed by atoms with E-state index in [2.05, 4.69) is 20.4 Å². The molecule has 9 heteroatoms. The Morgan fingerprint density at radius 2 is 2.00 bits per heavy atom. The Bertz CT molecular complexity index is 534. The Kier molecular flexibility index (Phi) is 14.0. The fraction of sp³-hybridized carbons (Fsp3) is 0.588. The summed E-state index contributed by atoms with van der Waals surface area (Å²) in [7, 11) is 1.51. The smallest absolute Gasteiger partial charge is 0.387 e. The number of nitrogens with one attached hydrogen (secondary N) is 2. The minimum absolute atomic E-state index is 0. The predicted molar refractivity (Wildman–Crippen MR) is 109 cm³/mol. The van der Waals surface area contributed by atoms with E-state index in [9.17, 15) is 8.78 Å². The van der Waals surface area contributed by atoms with Crippen LogP contribution in [0, 0.1) is 0 Å². The number of hydrogen-bond donors (Lipinski definition) is 2. The van der Waals surface area contributed by atoms with E-state index in [0.717, 1.165) is 6.42 Å². The van der Waals surface area contributed by atoms with Gasteiger partial charge in [0.1, 0.15) is 11.5 Å². The highest BCUT2D eigenvalue weighted by molar-refractivity contribution is 14.0. The van der Waals surface area contributed by atoms with E-state index < -0.39 is 6.61 Å². The standard InChI is InChI=1S/C17H27F2N3O3.HI/c1-4-20-17(21-9-6-10-24-5-2)22-12-13-11-14(23-3)7-8-15(13)25-16(18)19;/h7-8,11,16H,4-6,9-10,12H2,1-3H3,(H2,20,21,22);1H. The number of nitrogens with zero attached hydrogens (tertiary/aromatic N) is 1. The Morgan fingerprint density at radius 1 is 1.23 bits per heavy atom. The largest absolute Gasteiger partial charge is 0.497 e. The molecular weight excluding hydrogens is 459 g/mol. The van der Waals surface area contributed by atoms with Crippen molar-refractivity contribution < 1.29 is 23.0 Å². The van der Waals surface area contributed by atoms with Gasteiger partial charge in [-0.3, -0.25) is 0 Å². The van der Waals surface area contributed by atoms with Gasteiger partial charge in [0.05, 0.1) is 13.7 Å². The van der Waals surface area contributed by atoms with Gasteiger partial charge in [-0.15, -0.1) is 24.0 Å². The lowest BCUT2D eigenvalue weighted by atomic mass is 10.2. The maximum absolute atomic E-state index is 12.5. The lowest BCUT2D eigenvalue weighted by molar-refractivity contribution is -0.0504. The first kappa shape index (κ1) is 24.6. The summed E-state index contributed by atoms with van der Waals surface area (Å²) in [6, 6.07) is 4.67. The van der Waals surface area contributed by atoms with E-state index in [1.54, 1.807) is 12.1 Å². The van der Waals surface area contributed by atoms with E-state index in [1.165, 1.54) is 13.2 Å². The fourth-order valence-electron chi connectivity index (χ4n) is 2.05. The van der Waals surface area contributed by atoms with Crippen LogP contribution in [-0.4, -0.2) is 46.0 Å². The Hall–Kier alpha value is -1.36. The molecule has 6 nitrogen and oxygen atoms in total. The molecular formula is C17H28F2IN3O3. The summed E-state index contributed by atoms with van der Waals surface area (Å²) in [4.78, 5) is 4.42. The van der Waals surface area contributed by atoms with Crippen molar-refractivity contribution >= 4 is 29.9 Å². The number of halogens is 3. The van der Waals surface area contributed by atoms with E-state index in [-0.39, 0.29) is 36.3 Å². The predicted octanol–water partition coefficient (Wildman–Crippen LogP) is 3.40. The number of benzene rings is 1. The molecule has 1 rings (SSSR count). The SMILES string of the molecule is CCNC(=NCc1cc(OC)ccc1OC(F)F)NCCCOCC.I. The van der Waals surface area contributed by atoms with E-state index in [4.69, 9.17) is 9.47 Å². The molecule has 1 aromatic rings. The first-order valence-electron chi connectivity index (χ1n) is 8.32. The van der Waals surface area contributed by atoms with Crippen LogP contribution in [0.4, 0.5) is 8.78 Å². The highest BCUT2D eigenvalue weighted by atomic mass is 127. The minimum atomic E-state index is -2.89. The van der Waals surface area contributed by atoms with Gasteiger partial charge in [-0.2, -0.15) is 8.78 Å². The lowest BCUT2D eigenvalue weighted by Gasteiger charge is -2.13. The molecule has 0 aliphatic rings. The molecule has 26 heavy (non-hydrogen) atoms. The summed E-state index contributed by atoms with van der Waals surface area (Å²) in [6.07, 6.45) is 0.844. The van der Waals surface area contributed by atoms with Crippen LogP contribution in [0.5, 0.6) is 11.5 Å². The van der Waals surface area contributed by atoms with Crippen LogP contribution >= 0.6 is 24.0 Å². The molecule has 0 fully saturated rings. The Morgan fingerprint density at radius 3 is 2.62 bits per heavy atom. The molecule has 1 aromatic carbocycles. The Balaban J connectivity index is 0.00000625. The van der Waals surface area contributed by atoms with Crippen molar-refractivity contribution in [3.05, 3.63) is 23.8 Å². The van der Waals surface area contributed by atoms with Gasteiger partial charge in [0, 0.05) is 31.9 Å². The monoisotopic (exact) mass is 487 g/mol. The first-order valence-corrected chi connectivity index (χ1v) is 8.32. The highest BCUT2D eigenvalue weighted by Crippen LogP contribution is 2.26. The third-order valence-electron chi connectivity index (χ3n) is 3.20. The zero-order valence-corrected chi connectivity index (χ0v) is 17.7. The van der Waals surface area contributed by atoms with Crippen LogP contribution in [0.3, 0.4) is 0 Å². The molecule has 0 bridgehead atoms. The topological polar surface area (TPSA) is 64.1 Å². The first-order chi connectivity index (χ1) is 12.1. The van der Waals surface area contributed by atoms with Crippen LogP contribution < -0.4 is 20.1 Å². The highest BCUT2D eigenvalue weighted by Gasteiger charge is 2.11. The number of ether oxygens (including phenoxy) is 3. The molecule has 0 atom stereocenters. The molecule has 0 radical (unpaired) electrons. The van der Waals surface area contributed by atoms with Crippen molar-refractivity contribution in [2.45, 2.75) is 33.4 Å². The van der Waals surface area contributed by atoms with Crippen molar-refractivity contribution in [2.24, 2.45) is 4.99 Å². The van der Waals surface area contributed by atoms with Crippen molar-refractivity contribution in [3.8, 4) is 11.5 Å². The second kappa shape index (κ2) is 14.8. The third kappa shape index (κ3) is 9.95. The normalized spacial score (nSPS) is 11.1. The number of rotatable bonds is 11. The number of methoxy groups -OCH3 is 1. The second-order valence-corrected chi connectivity index (χ2v) is 5.02. The summed E-state index contributed by atoms with van der Waals surface area (Å²) in [5, 5.41) is 6.29. The fourth-order valence-corrected chi connectivity index (χ4v) is 2.05. The maximum Gasteiger partial charge on any atom is 0.387 e. The van der Waals surface area contributed by atoms with E-state index >= 15 is 0 Å². The van der Waals surface area contributed by atoms with E-state index in [1.807, 2.05) is 13.8 Å². The van der Waals surface area contributed by atoms with Crippen molar-refractivity contribution in [2.75, 3.05) is 33.4 Å². The Labute approximate surface area is 170 Å². The van der Waals surface area contributed by atoms with E-state index in [0.29, 0.717) is 43.6 Å². The molecule has 0 amide bonds. The summed E-state index contributed by atoms with van der Waals surface area (Å²) < 4.78 is 40.1. The third-order valence-corrected chi connectivity index (χ3v) is 3.20. The quantitative estimate of drug-likeness (QED) is 0.217. The molecule has 2 N–H and O–H groups in total. The summed E-state index contributed by atoms with van der Waals surface area (Å²) in [6.45, 7) is 3.95. The second-order valence-electron chi connectivity index (χ2n) is 5.02. The van der Waals surface area contributed by atoms with Gasteiger partial charge in [0.25, 0.3) is 0 Å². The van der Waals surface area contributed by atoms with Crippen molar-refractivity contribution in [1.29, 1.82) is 0 Å². The molecule has 0 unspecified atom stereocenters. The van der Waals surface area contributed by atoms with Gasteiger partial charge in [0.15, 0.2) is 5.96 Å². The average molecular weight is 487 g/mol. The molecule has 150 valence electrons. The summed E-state index contributed by atoms with van der Waals surface area (Å²) in [5.74, 6) is 1.25. The number of aliphatic imine (C=N–C) groups is 1. The van der Waals surface area contributed by atoms with Crippen LogP contribution in [0.1, 0.15) is 25.8 Å². The van der Waals surface area contributed by atoms with Crippen LogP contribution in [-0.2, 0) is 11.3 Å². The van der Waals surface area contributed by atoms with Gasteiger partial charge in [0.2, 0.25) is 0 Å². The van der Waals surface area contributed by atoms with Crippen molar-refractivity contribution in [1.82, 2.24) is 10.6 Å². The van der Waals surface area contributed by atoms with Gasteiger partial charge >= 0.3 is 6.61 Å². The summed E-state index contributed by atoms with van der Waals surface area (Å²) in [5.41, 5.74) is 0.520. The van der Waals surface area contributed by atoms with Gasteiger partial charge in [-0.1, -0.05) is 0 Å². The van der Waals surface area contributed by atoms with Crippen molar-refractivity contribution in [3.63, 3.8) is 0 Å². The molecule has 0 spiro atoms. The zero-order valence-electron chi connectivity index (χ0n) is 15.4. The van der Waals surface area contributed by atoms with Crippen LogP contribution in [0.2, 0.25) is 0 Å². The van der Waals surface area contributed by atoms with Gasteiger partial charge < -0.3 is 24.8 Å². The lowest BCUT2D eigenvalue weighted by Crippen LogP contribution is -2.38. The molecule has 0 aromatic heterocycles. The number of alkyl halides is 2. The molecule has 0 aliphatic carbocycles. The maximum atomic E-state index is 12.5. The zero-order chi connectivity index (χ0) is 18.5. The average Bonchev–Trinajstić information content (AvgIpc) is 2.59. The van der Waals surface area contributed by atoms with Crippen LogP contribution in [0.25, 0.3) is 0 Å². The number of guanidine groups is 1. The minimum Gasteiger partial charge on any atom is -0.497 e.